The summed E-state index contributed by atoms with van der Waals surface area (Å²) in [4.78, 5) is 0. The molecule has 3 aromatic carbocycles. The molecule has 0 radical (unpaired) electrons. The smallest absolute Gasteiger partial charge is 0.133 e. The largest absolute Gasteiger partial charge is 0.207 e. The van der Waals surface area contributed by atoms with Crippen molar-refractivity contribution in [2.75, 3.05) is 0 Å². The molecular formula is C25H20F4. The molecule has 0 saturated carbocycles. The zero-order chi connectivity index (χ0) is 20.5. The average Bonchev–Trinajstić information content (AvgIpc) is 2.68. The van der Waals surface area contributed by atoms with Gasteiger partial charge < -0.3 is 0 Å². The molecule has 0 heterocycles. The van der Waals surface area contributed by atoms with Gasteiger partial charge in [0.05, 0.1) is 0 Å². The minimum Gasteiger partial charge on any atom is -0.207 e. The van der Waals surface area contributed by atoms with E-state index < -0.39 is 17.5 Å². The Kier molecular flexibility index (Phi) is 5.27. The van der Waals surface area contributed by atoms with Crippen molar-refractivity contribution in [2.45, 2.75) is 32.6 Å². The van der Waals surface area contributed by atoms with E-state index in [0.29, 0.717) is 40.7 Å². The summed E-state index contributed by atoms with van der Waals surface area (Å²) in [5.74, 6) is -1.97. The van der Waals surface area contributed by atoms with Crippen LogP contribution in [0.5, 0.6) is 0 Å². The summed E-state index contributed by atoms with van der Waals surface area (Å²) >= 11 is 0. The van der Waals surface area contributed by atoms with Crippen molar-refractivity contribution in [2.24, 2.45) is 0 Å². The Hall–Kier alpha value is -2.88. The molecule has 0 spiro atoms. The average molecular weight is 396 g/mol. The van der Waals surface area contributed by atoms with E-state index >= 15 is 0 Å². The molecule has 4 rings (SSSR count). The first-order chi connectivity index (χ1) is 14.0. The van der Waals surface area contributed by atoms with Gasteiger partial charge in [0.1, 0.15) is 23.3 Å². The van der Waals surface area contributed by atoms with E-state index in [4.69, 9.17) is 0 Å². The molecule has 0 amide bonds. The lowest BCUT2D eigenvalue weighted by Crippen LogP contribution is -2.07. The number of hydrogen-bond donors (Lipinski definition) is 0. The molecule has 0 aliphatic heterocycles. The molecule has 1 aliphatic rings. The minimum atomic E-state index is -0.577. The van der Waals surface area contributed by atoms with Gasteiger partial charge in [-0.3, -0.25) is 0 Å². The van der Waals surface area contributed by atoms with E-state index in [9.17, 15) is 17.6 Å². The predicted molar refractivity (Wildman–Crippen MR) is 108 cm³/mol. The van der Waals surface area contributed by atoms with E-state index in [1.807, 2.05) is 6.92 Å². The molecule has 1 aliphatic carbocycles. The Morgan fingerprint density at radius 3 is 2.14 bits per heavy atom. The fourth-order valence-corrected chi connectivity index (χ4v) is 3.93. The van der Waals surface area contributed by atoms with Gasteiger partial charge >= 0.3 is 0 Å². The maximum absolute atomic E-state index is 14.7. The highest BCUT2D eigenvalue weighted by Crippen LogP contribution is 2.35. The molecule has 3 aromatic rings. The van der Waals surface area contributed by atoms with Crippen LogP contribution in [0.4, 0.5) is 17.6 Å². The van der Waals surface area contributed by atoms with Crippen LogP contribution < -0.4 is 0 Å². The Bertz CT molecular complexity index is 1070. The van der Waals surface area contributed by atoms with Gasteiger partial charge in [0, 0.05) is 11.1 Å². The van der Waals surface area contributed by atoms with Crippen LogP contribution in [-0.2, 0) is 19.3 Å². The lowest BCUT2D eigenvalue weighted by molar-refractivity contribution is 0.571. The fraction of sp³-hybridized carbons (Fsp3) is 0.200. The second kappa shape index (κ2) is 7.86. The van der Waals surface area contributed by atoms with Crippen molar-refractivity contribution >= 4 is 5.57 Å². The van der Waals surface area contributed by atoms with Crippen LogP contribution in [0.25, 0.3) is 16.7 Å². The maximum Gasteiger partial charge on any atom is 0.133 e. The first-order valence-electron chi connectivity index (χ1n) is 9.70. The topological polar surface area (TPSA) is 0 Å². The van der Waals surface area contributed by atoms with Gasteiger partial charge in [-0.2, -0.15) is 0 Å². The normalized spacial score (nSPS) is 13.2. The molecule has 0 atom stereocenters. The molecule has 0 aromatic heterocycles. The number of aryl methyl sites for hydroxylation is 1. The number of rotatable bonds is 4. The monoisotopic (exact) mass is 396 g/mol. The number of allylic oxidation sites excluding steroid dienone is 2. The zero-order valence-electron chi connectivity index (χ0n) is 16.0. The second-order valence-corrected chi connectivity index (χ2v) is 7.40. The van der Waals surface area contributed by atoms with Gasteiger partial charge in [0.25, 0.3) is 0 Å². The number of benzene rings is 3. The molecule has 4 heteroatoms. The zero-order valence-corrected chi connectivity index (χ0v) is 16.0. The third kappa shape index (κ3) is 3.84. The van der Waals surface area contributed by atoms with Gasteiger partial charge in [0.15, 0.2) is 0 Å². The number of hydrogen-bond acceptors (Lipinski definition) is 0. The maximum atomic E-state index is 14.7. The van der Waals surface area contributed by atoms with Crippen LogP contribution >= 0.6 is 0 Å². The molecule has 148 valence electrons. The summed E-state index contributed by atoms with van der Waals surface area (Å²) in [6.07, 6.45) is 3.94. The van der Waals surface area contributed by atoms with Crippen molar-refractivity contribution < 1.29 is 17.6 Å². The van der Waals surface area contributed by atoms with Crippen LogP contribution in [-0.4, -0.2) is 0 Å². The molecule has 0 saturated heterocycles. The van der Waals surface area contributed by atoms with Crippen molar-refractivity contribution in [1.82, 2.24) is 0 Å². The van der Waals surface area contributed by atoms with Gasteiger partial charge in [-0.1, -0.05) is 31.6 Å². The van der Waals surface area contributed by atoms with Crippen LogP contribution in [0.2, 0.25) is 0 Å². The number of fused-ring (bicyclic) bond motifs is 1. The molecule has 0 unspecified atom stereocenters. The van der Waals surface area contributed by atoms with E-state index in [-0.39, 0.29) is 17.8 Å². The van der Waals surface area contributed by atoms with Crippen molar-refractivity contribution in [3.8, 4) is 11.1 Å². The highest BCUT2D eigenvalue weighted by molar-refractivity contribution is 5.74. The van der Waals surface area contributed by atoms with Crippen molar-refractivity contribution in [3.05, 3.63) is 100 Å². The van der Waals surface area contributed by atoms with Gasteiger partial charge in [-0.05, 0) is 83.5 Å². The summed E-state index contributed by atoms with van der Waals surface area (Å²) in [7, 11) is 0. The Morgan fingerprint density at radius 2 is 1.48 bits per heavy atom. The predicted octanol–water partition coefficient (Wildman–Crippen LogP) is 7.04. The summed E-state index contributed by atoms with van der Waals surface area (Å²) < 4.78 is 57.1. The SMILES string of the molecule is CCCc1cc(F)c(C2=CCc3cc(-c4ccc(F)cc4)c(F)cc3C2)c(F)c1. The molecule has 0 bridgehead atoms. The van der Waals surface area contributed by atoms with Crippen LogP contribution in [0.3, 0.4) is 0 Å². The first kappa shape index (κ1) is 19.4. The molecular weight excluding hydrogens is 376 g/mol. The van der Waals surface area contributed by atoms with Crippen molar-refractivity contribution in [3.63, 3.8) is 0 Å². The van der Waals surface area contributed by atoms with E-state index in [1.54, 1.807) is 12.1 Å². The lowest BCUT2D eigenvalue weighted by atomic mass is 9.85. The van der Waals surface area contributed by atoms with Crippen LogP contribution in [0, 0.1) is 23.3 Å². The third-order valence-corrected chi connectivity index (χ3v) is 5.36. The van der Waals surface area contributed by atoms with Crippen LogP contribution in [0.15, 0.2) is 54.6 Å². The highest BCUT2D eigenvalue weighted by atomic mass is 19.1. The molecule has 0 nitrogen and oxygen atoms in total. The lowest BCUT2D eigenvalue weighted by Gasteiger charge is -2.20. The van der Waals surface area contributed by atoms with E-state index in [2.05, 4.69) is 0 Å². The summed E-state index contributed by atoms with van der Waals surface area (Å²) in [6, 6.07) is 11.6. The van der Waals surface area contributed by atoms with Gasteiger partial charge in [-0.15, -0.1) is 0 Å². The highest BCUT2D eigenvalue weighted by Gasteiger charge is 2.21. The second-order valence-electron chi connectivity index (χ2n) is 7.40. The molecule has 0 fully saturated rings. The Labute approximate surface area is 167 Å². The Morgan fingerprint density at radius 1 is 0.793 bits per heavy atom. The van der Waals surface area contributed by atoms with Crippen molar-refractivity contribution in [1.29, 1.82) is 0 Å². The number of halogens is 4. The van der Waals surface area contributed by atoms with E-state index in [1.165, 1.54) is 42.5 Å². The summed E-state index contributed by atoms with van der Waals surface area (Å²) in [6.45, 7) is 1.96. The minimum absolute atomic E-state index is 0.0291. The van der Waals surface area contributed by atoms with Gasteiger partial charge in [-0.25, -0.2) is 17.6 Å². The Balaban J connectivity index is 1.67. The third-order valence-electron chi connectivity index (χ3n) is 5.36. The molecule has 29 heavy (non-hydrogen) atoms. The van der Waals surface area contributed by atoms with E-state index in [0.717, 1.165) is 12.0 Å². The quantitative estimate of drug-likeness (QED) is 0.415. The fourth-order valence-electron chi connectivity index (χ4n) is 3.93. The first-order valence-corrected chi connectivity index (χ1v) is 9.70. The van der Waals surface area contributed by atoms with Gasteiger partial charge in [0.2, 0.25) is 0 Å². The standard InChI is InChI=1S/C25H20F4/c1-2-3-15-10-23(28)25(24(29)11-15)18-5-4-17-13-21(22(27)14-19(17)12-18)16-6-8-20(26)9-7-16/h5-11,13-14H,2-4,12H2,1H3. The summed E-state index contributed by atoms with van der Waals surface area (Å²) in [5, 5.41) is 0. The molecule has 0 N–H and O–H groups in total. The summed E-state index contributed by atoms with van der Waals surface area (Å²) in [5.41, 5.74) is 3.73. The van der Waals surface area contributed by atoms with Crippen LogP contribution in [0.1, 0.15) is 35.6 Å².